The highest BCUT2D eigenvalue weighted by atomic mass is 32.2. The van der Waals surface area contributed by atoms with Gasteiger partial charge in [0.1, 0.15) is 10.8 Å². The van der Waals surface area contributed by atoms with Crippen molar-refractivity contribution in [2.24, 2.45) is 0 Å². The van der Waals surface area contributed by atoms with E-state index in [0.29, 0.717) is 22.8 Å². The van der Waals surface area contributed by atoms with Crippen molar-refractivity contribution in [1.82, 2.24) is 25.3 Å². The number of ether oxygens (including phenoxy) is 2. The van der Waals surface area contributed by atoms with Crippen LogP contribution < -0.4 is 25.0 Å². The van der Waals surface area contributed by atoms with Gasteiger partial charge in [0.2, 0.25) is 12.7 Å². The Morgan fingerprint density at radius 2 is 1.88 bits per heavy atom. The highest BCUT2D eigenvalue weighted by molar-refractivity contribution is 7.99. The summed E-state index contributed by atoms with van der Waals surface area (Å²) in [6.07, 6.45) is 5.75. The standard InChI is InChI=1S/C21H21N7O2S2/c31-20(24-12-14-4-5-15-16(10-14)30-13-29-15)27-19-25-17(28-8-1-2-9-28)11-18(26-19)32-21-22-6-3-7-23-21/h3-7,10-11H,1-2,8-9,12-13H2,(H2,24,25,26,27,31). The van der Waals surface area contributed by atoms with E-state index in [1.165, 1.54) is 11.8 Å². The van der Waals surface area contributed by atoms with Crippen molar-refractivity contribution in [1.29, 1.82) is 0 Å². The summed E-state index contributed by atoms with van der Waals surface area (Å²) in [7, 11) is 0. The maximum Gasteiger partial charge on any atom is 0.232 e. The van der Waals surface area contributed by atoms with Crippen molar-refractivity contribution >= 4 is 40.9 Å². The number of anilines is 2. The summed E-state index contributed by atoms with van der Waals surface area (Å²) in [5.41, 5.74) is 1.03. The minimum absolute atomic E-state index is 0.255. The second kappa shape index (κ2) is 9.53. The van der Waals surface area contributed by atoms with E-state index in [1.807, 2.05) is 24.3 Å². The molecule has 0 unspecified atom stereocenters. The molecule has 4 heterocycles. The summed E-state index contributed by atoms with van der Waals surface area (Å²) < 4.78 is 10.8. The Morgan fingerprint density at radius 3 is 2.72 bits per heavy atom. The molecule has 2 aromatic heterocycles. The second-order valence-corrected chi connectivity index (χ2v) is 8.61. The number of hydrogen-bond donors (Lipinski definition) is 2. The van der Waals surface area contributed by atoms with Gasteiger partial charge in [-0.1, -0.05) is 6.07 Å². The average molecular weight is 468 g/mol. The molecule has 1 saturated heterocycles. The highest BCUT2D eigenvalue weighted by Gasteiger charge is 2.17. The molecule has 164 valence electrons. The van der Waals surface area contributed by atoms with Crippen molar-refractivity contribution in [2.45, 2.75) is 29.6 Å². The Hall–Kier alpha value is -3.18. The summed E-state index contributed by atoms with van der Waals surface area (Å²) in [4.78, 5) is 20.1. The molecule has 0 radical (unpaired) electrons. The maximum atomic E-state index is 5.48. The first-order valence-electron chi connectivity index (χ1n) is 10.3. The van der Waals surface area contributed by atoms with Crippen LogP contribution in [-0.2, 0) is 6.54 Å². The number of benzene rings is 1. The molecule has 2 N–H and O–H groups in total. The molecule has 9 nitrogen and oxygen atoms in total. The number of thiocarbonyl (C=S) groups is 1. The summed E-state index contributed by atoms with van der Waals surface area (Å²) in [6, 6.07) is 9.57. The lowest BCUT2D eigenvalue weighted by Crippen LogP contribution is -2.29. The second-order valence-electron chi connectivity index (χ2n) is 7.21. The summed E-state index contributed by atoms with van der Waals surface area (Å²) in [5, 5.41) is 8.14. The van der Waals surface area contributed by atoms with Crippen LogP contribution in [0.25, 0.3) is 0 Å². The normalized spacial score (nSPS) is 14.4. The van der Waals surface area contributed by atoms with Crippen LogP contribution in [0.5, 0.6) is 11.5 Å². The quantitative estimate of drug-likeness (QED) is 0.318. The Morgan fingerprint density at radius 1 is 1.06 bits per heavy atom. The van der Waals surface area contributed by atoms with Crippen molar-refractivity contribution in [2.75, 3.05) is 30.1 Å². The van der Waals surface area contributed by atoms with Crippen LogP contribution in [0, 0.1) is 0 Å². The summed E-state index contributed by atoms with van der Waals surface area (Å²) in [5.74, 6) is 2.82. The first-order chi connectivity index (χ1) is 15.7. The highest BCUT2D eigenvalue weighted by Crippen LogP contribution is 2.32. The SMILES string of the molecule is S=C(NCc1ccc2c(c1)OCO2)Nc1nc(Sc2ncccn2)cc(N2CCCC2)n1. The van der Waals surface area contributed by atoms with Gasteiger partial charge in [-0.3, -0.25) is 0 Å². The van der Waals surface area contributed by atoms with Crippen molar-refractivity contribution in [3.05, 3.63) is 48.3 Å². The van der Waals surface area contributed by atoms with Crippen molar-refractivity contribution in [3.63, 3.8) is 0 Å². The number of aromatic nitrogens is 4. The Labute approximate surface area is 195 Å². The van der Waals surface area contributed by atoms with Gasteiger partial charge in [0.15, 0.2) is 21.8 Å². The van der Waals surface area contributed by atoms with Crippen LogP contribution in [0.1, 0.15) is 18.4 Å². The summed E-state index contributed by atoms with van der Waals surface area (Å²) in [6.45, 7) is 2.75. The number of hydrogen-bond acceptors (Lipinski definition) is 9. The van der Waals surface area contributed by atoms with Gasteiger partial charge in [0, 0.05) is 38.1 Å². The van der Waals surface area contributed by atoms with Gasteiger partial charge in [-0.15, -0.1) is 0 Å². The molecule has 0 spiro atoms. The largest absolute Gasteiger partial charge is 0.454 e. The van der Waals surface area contributed by atoms with E-state index in [-0.39, 0.29) is 6.79 Å². The average Bonchev–Trinajstić information content (AvgIpc) is 3.50. The molecular formula is C21H21N7O2S2. The maximum absolute atomic E-state index is 5.48. The molecule has 2 aliphatic heterocycles. The third-order valence-corrected chi connectivity index (χ3v) is 6.03. The number of nitrogens with zero attached hydrogens (tertiary/aromatic N) is 5. The minimum Gasteiger partial charge on any atom is -0.454 e. The van der Waals surface area contributed by atoms with Crippen LogP contribution in [-0.4, -0.2) is 44.9 Å². The molecule has 2 aliphatic rings. The van der Waals surface area contributed by atoms with Crippen LogP contribution >= 0.6 is 24.0 Å². The van der Waals surface area contributed by atoms with Gasteiger partial charge >= 0.3 is 0 Å². The predicted molar refractivity (Wildman–Crippen MR) is 125 cm³/mol. The first kappa shape index (κ1) is 20.7. The molecule has 0 atom stereocenters. The Bertz CT molecular complexity index is 1110. The lowest BCUT2D eigenvalue weighted by molar-refractivity contribution is 0.174. The van der Waals surface area contributed by atoms with Gasteiger partial charge in [-0.2, -0.15) is 4.98 Å². The van der Waals surface area contributed by atoms with E-state index in [1.54, 1.807) is 18.5 Å². The van der Waals surface area contributed by atoms with E-state index < -0.39 is 0 Å². The number of nitrogens with one attached hydrogen (secondary N) is 2. The minimum atomic E-state index is 0.255. The smallest absolute Gasteiger partial charge is 0.232 e. The van der Waals surface area contributed by atoms with Crippen LogP contribution in [0.3, 0.4) is 0 Å². The van der Waals surface area contributed by atoms with Gasteiger partial charge in [0.05, 0.1) is 0 Å². The molecule has 32 heavy (non-hydrogen) atoms. The van der Waals surface area contributed by atoms with E-state index in [4.69, 9.17) is 21.7 Å². The molecule has 3 aromatic rings. The topological polar surface area (TPSA) is 97.3 Å². The molecule has 5 rings (SSSR count). The molecule has 0 bridgehead atoms. The van der Waals surface area contributed by atoms with E-state index >= 15 is 0 Å². The fraction of sp³-hybridized carbons (Fsp3) is 0.286. The first-order valence-corrected chi connectivity index (χ1v) is 11.5. The van der Waals surface area contributed by atoms with Crippen molar-refractivity contribution < 1.29 is 9.47 Å². The lowest BCUT2D eigenvalue weighted by atomic mass is 10.2. The monoisotopic (exact) mass is 467 g/mol. The number of fused-ring (bicyclic) bond motifs is 1. The summed E-state index contributed by atoms with van der Waals surface area (Å²) >= 11 is 6.88. The lowest BCUT2D eigenvalue weighted by Gasteiger charge is -2.18. The van der Waals surface area contributed by atoms with Gasteiger partial charge in [-0.25, -0.2) is 15.0 Å². The molecular weight excluding hydrogens is 446 g/mol. The zero-order chi connectivity index (χ0) is 21.8. The van der Waals surface area contributed by atoms with Gasteiger partial charge < -0.3 is 25.0 Å². The fourth-order valence-corrected chi connectivity index (χ4v) is 4.31. The van der Waals surface area contributed by atoms with Gasteiger partial charge in [-0.05, 0) is 60.6 Å². The molecule has 1 fully saturated rings. The molecule has 0 saturated carbocycles. The van der Waals surface area contributed by atoms with E-state index in [9.17, 15) is 0 Å². The van der Waals surface area contributed by atoms with Crippen molar-refractivity contribution in [3.8, 4) is 11.5 Å². The Kier molecular flexibility index (Phi) is 6.17. The van der Waals surface area contributed by atoms with Gasteiger partial charge in [0.25, 0.3) is 0 Å². The predicted octanol–water partition coefficient (Wildman–Crippen LogP) is 3.23. The molecule has 11 heteroatoms. The Balaban J connectivity index is 1.28. The molecule has 0 aliphatic carbocycles. The zero-order valence-electron chi connectivity index (χ0n) is 17.2. The molecule has 0 amide bonds. The van der Waals surface area contributed by atoms with E-state index in [2.05, 4.69) is 35.5 Å². The van der Waals surface area contributed by atoms with E-state index in [0.717, 1.165) is 53.8 Å². The third kappa shape index (κ3) is 5.00. The van der Waals surface area contributed by atoms with Crippen LogP contribution in [0.4, 0.5) is 11.8 Å². The zero-order valence-corrected chi connectivity index (χ0v) is 18.8. The third-order valence-electron chi connectivity index (χ3n) is 4.97. The van der Waals surface area contributed by atoms with Crippen LogP contribution in [0.15, 0.2) is 52.9 Å². The van der Waals surface area contributed by atoms with Crippen LogP contribution in [0.2, 0.25) is 0 Å². The fourth-order valence-electron chi connectivity index (χ4n) is 3.44. The number of rotatable bonds is 6. The molecule has 1 aromatic carbocycles.